The predicted molar refractivity (Wildman–Crippen MR) is 76.2 cm³/mol. The summed E-state index contributed by atoms with van der Waals surface area (Å²) < 4.78 is 0. The lowest BCUT2D eigenvalue weighted by molar-refractivity contribution is -0.104. The van der Waals surface area contributed by atoms with Crippen molar-refractivity contribution in [3.8, 4) is 0 Å². The average Bonchev–Trinajstić information content (AvgIpc) is 2.37. The highest BCUT2D eigenvalue weighted by molar-refractivity contribution is 5.65. The maximum Gasteiger partial charge on any atom is 0.142 e. The number of aryl methyl sites for hydroxylation is 1. The van der Waals surface area contributed by atoms with Gasteiger partial charge >= 0.3 is 0 Å². The van der Waals surface area contributed by atoms with E-state index in [1.165, 1.54) is 17.2 Å². The number of carbonyl (C=O) groups is 1. The van der Waals surface area contributed by atoms with Gasteiger partial charge in [0.2, 0.25) is 0 Å². The molecule has 0 heterocycles. The first kappa shape index (κ1) is 14.2. The monoisotopic (exact) mass is 243 g/mol. The molecule has 0 unspecified atom stereocenters. The first-order valence-electron chi connectivity index (χ1n) is 6.24. The lowest BCUT2D eigenvalue weighted by Gasteiger charge is -2.15. The van der Waals surface area contributed by atoms with Crippen LogP contribution in [0.1, 0.15) is 25.0 Å². The molecule has 18 heavy (non-hydrogen) atoms. The summed E-state index contributed by atoms with van der Waals surface area (Å²) in [4.78, 5) is 12.3. The van der Waals surface area contributed by atoms with Crippen LogP contribution in [-0.2, 0) is 17.8 Å². The van der Waals surface area contributed by atoms with E-state index in [9.17, 15) is 4.79 Å². The van der Waals surface area contributed by atoms with E-state index in [1.54, 1.807) is 0 Å². The Bertz CT molecular complexity index is 429. The molecule has 0 fully saturated rings. The number of nitrogens with zero attached hydrogens (tertiary/aromatic N) is 1. The Morgan fingerprint density at radius 2 is 1.83 bits per heavy atom. The highest BCUT2D eigenvalue weighted by atomic mass is 16.1. The number of carbonyl (C=O) groups excluding carboxylic acids is 1. The highest BCUT2D eigenvalue weighted by Crippen LogP contribution is 2.08. The van der Waals surface area contributed by atoms with E-state index in [2.05, 4.69) is 36.1 Å². The molecule has 0 radical (unpaired) electrons. The fourth-order valence-electron chi connectivity index (χ4n) is 1.80. The molecule has 0 aliphatic carbocycles. The van der Waals surface area contributed by atoms with E-state index in [-0.39, 0.29) is 0 Å². The minimum absolute atomic E-state index is 0.792. The second-order valence-electron chi connectivity index (χ2n) is 4.45. The zero-order valence-electron chi connectivity index (χ0n) is 11.4. The standard InChI is InChI=1S/C16H21NO/c1-4-15-7-9-16(10-8-15)13-17(3)12-14(2)6-5-11-18/h5-12H,4,13H2,1-3H3/b6-5-,14-12-. The van der Waals surface area contributed by atoms with E-state index < -0.39 is 0 Å². The fraction of sp³-hybridized carbons (Fsp3) is 0.312. The summed E-state index contributed by atoms with van der Waals surface area (Å²) in [5.41, 5.74) is 3.72. The van der Waals surface area contributed by atoms with Gasteiger partial charge < -0.3 is 4.90 Å². The normalized spacial score (nSPS) is 11.8. The quantitative estimate of drug-likeness (QED) is 0.434. The van der Waals surface area contributed by atoms with E-state index in [0.29, 0.717) is 0 Å². The van der Waals surface area contributed by atoms with Gasteiger partial charge in [-0.15, -0.1) is 0 Å². The summed E-state index contributed by atoms with van der Waals surface area (Å²) in [7, 11) is 2.03. The fourth-order valence-corrected chi connectivity index (χ4v) is 1.80. The van der Waals surface area contributed by atoms with Gasteiger partial charge in [-0.3, -0.25) is 4.79 Å². The van der Waals surface area contributed by atoms with Crippen molar-refractivity contribution in [2.75, 3.05) is 7.05 Å². The Labute approximate surface area is 110 Å². The SMILES string of the molecule is CCc1ccc(CN(C)/C=C(C)\C=C/C=O)cc1. The summed E-state index contributed by atoms with van der Waals surface area (Å²) in [6, 6.07) is 8.68. The van der Waals surface area contributed by atoms with E-state index in [4.69, 9.17) is 0 Å². The Hall–Kier alpha value is -1.83. The molecule has 0 bridgehead atoms. The van der Waals surface area contributed by atoms with Gasteiger partial charge in [0.15, 0.2) is 0 Å². The minimum atomic E-state index is 0.792. The van der Waals surface area contributed by atoms with Crippen LogP contribution in [0.25, 0.3) is 0 Å². The first-order chi connectivity index (χ1) is 8.65. The van der Waals surface area contributed by atoms with Crippen LogP contribution >= 0.6 is 0 Å². The van der Waals surface area contributed by atoms with Gasteiger partial charge in [-0.05, 0) is 36.1 Å². The van der Waals surface area contributed by atoms with Crippen LogP contribution in [0.4, 0.5) is 0 Å². The van der Waals surface area contributed by atoms with Gasteiger partial charge in [0.05, 0.1) is 0 Å². The van der Waals surface area contributed by atoms with Gasteiger partial charge in [-0.2, -0.15) is 0 Å². The number of hydrogen-bond acceptors (Lipinski definition) is 2. The molecule has 0 spiro atoms. The summed E-state index contributed by atoms with van der Waals surface area (Å²) >= 11 is 0. The predicted octanol–water partition coefficient (Wildman–Crippen LogP) is 3.34. The molecule has 0 aliphatic heterocycles. The Balaban J connectivity index is 2.60. The van der Waals surface area contributed by atoms with Crippen LogP contribution < -0.4 is 0 Å². The Morgan fingerprint density at radius 3 is 2.39 bits per heavy atom. The highest BCUT2D eigenvalue weighted by Gasteiger charge is 1.97. The molecular weight excluding hydrogens is 222 g/mol. The van der Waals surface area contributed by atoms with Crippen molar-refractivity contribution >= 4 is 6.29 Å². The molecule has 0 saturated heterocycles. The number of rotatable bonds is 6. The van der Waals surface area contributed by atoms with Crippen molar-refractivity contribution in [3.05, 3.63) is 59.3 Å². The molecule has 0 amide bonds. The molecule has 0 aromatic heterocycles. The van der Waals surface area contributed by atoms with Crippen LogP contribution in [-0.4, -0.2) is 18.2 Å². The minimum Gasteiger partial charge on any atom is -0.376 e. The summed E-state index contributed by atoms with van der Waals surface area (Å²) in [5.74, 6) is 0. The number of hydrogen-bond donors (Lipinski definition) is 0. The molecular formula is C16H21NO. The van der Waals surface area contributed by atoms with Crippen LogP contribution in [0.5, 0.6) is 0 Å². The number of allylic oxidation sites excluding steroid dienone is 3. The van der Waals surface area contributed by atoms with E-state index >= 15 is 0 Å². The third-order valence-corrected chi connectivity index (χ3v) is 2.72. The second kappa shape index (κ2) is 7.49. The second-order valence-corrected chi connectivity index (χ2v) is 4.45. The van der Waals surface area contributed by atoms with Crippen LogP contribution in [0.15, 0.2) is 48.2 Å². The van der Waals surface area contributed by atoms with Crippen molar-refractivity contribution in [1.29, 1.82) is 0 Å². The molecule has 1 aromatic rings. The Morgan fingerprint density at radius 1 is 1.22 bits per heavy atom. The maximum absolute atomic E-state index is 10.2. The number of benzene rings is 1. The van der Waals surface area contributed by atoms with Crippen molar-refractivity contribution in [2.24, 2.45) is 0 Å². The van der Waals surface area contributed by atoms with Gasteiger partial charge in [0.25, 0.3) is 0 Å². The third-order valence-electron chi connectivity index (χ3n) is 2.72. The molecule has 2 heteroatoms. The van der Waals surface area contributed by atoms with E-state index in [0.717, 1.165) is 24.8 Å². The zero-order chi connectivity index (χ0) is 13.4. The molecule has 0 atom stereocenters. The molecule has 1 aromatic carbocycles. The van der Waals surface area contributed by atoms with Crippen LogP contribution in [0.3, 0.4) is 0 Å². The molecule has 0 N–H and O–H groups in total. The molecule has 1 rings (SSSR count). The maximum atomic E-state index is 10.2. The van der Waals surface area contributed by atoms with Gasteiger partial charge in [0.1, 0.15) is 6.29 Å². The molecule has 0 aliphatic rings. The van der Waals surface area contributed by atoms with Crippen LogP contribution in [0.2, 0.25) is 0 Å². The molecule has 0 saturated carbocycles. The van der Waals surface area contributed by atoms with Gasteiger partial charge in [0, 0.05) is 19.8 Å². The van der Waals surface area contributed by atoms with Crippen molar-refractivity contribution < 1.29 is 4.79 Å². The van der Waals surface area contributed by atoms with Gasteiger partial charge in [-0.1, -0.05) is 37.3 Å². The largest absolute Gasteiger partial charge is 0.376 e. The summed E-state index contributed by atoms with van der Waals surface area (Å²) in [6.07, 6.45) is 7.22. The lowest BCUT2D eigenvalue weighted by atomic mass is 10.1. The van der Waals surface area contributed by atoms with E-state index in [1.807, 2.05) is 26.2 Å². The lowest BCUT2D eigenvalue weighted by Crippen LogP contribution is -2.10. The first-order valence-corrected chi connectivity index (χ1v) is 6.24. The van der Waals surface area contributed by atoms with Crippen LogP contribution in [0, 0.1) is 0 Å². The van der Waals surface area contributed by atoms with Gasteiger partial charge in [-0.25, -0.2) is 0 Å². The summed E-state index contributed by atoms with van der Waals surface area (Å²) in [5, 5.41) is 0. The topological polar surface area (TPSA) is 20.3 Å². The number of aldehydes is 1. The third kappa shape index (κ3) is 5.00. The molecule has 2 nitrogen and oxygen atoms in total. The van der Waals surface area contributed by atoms with Crippen molar-refractivity contribution in [2.45, 2.75) is 26.8 Å². The Kier molecular flexibility index (Phi) is 5.92. The molecule has 96 valence electrons. The zero-order valence-corrected chi connectivity index (χ0v) is 11.4. The summed E-state index contributed by atoms with van der Waals surface area (Å²) in [6.45, 7) is 5.01. The van der Waals surface area contributed by atoms with Crippen molar-refractivity contribution in [3.63, 3.8) is 0 Å². The average molecular weight is 243 g/mol. The van der Waals surface area contributed by atoms with Crippen molar-refractivity contribution in [1.82, 2.24) is 4.90 Å². The smallest absolute Gasteiger partial charge is 0.142 e.